The fourth-order valence-electron chi connectivity index (χ4n) is 1.61. The van der Waals surface area contributed by atoms with Gasteiger partial charge in [0.05, 0.1) is 11.0 Å². The fourth-order valence-corrected chi connectivity index (χ4v) is 1.84. The van der Waals surface area contributed by atoms with E-state index in [1.54, 1.807) is 0 Å². The van der Waals surface area contributed by atoms with E-state index >= 15 is 0 Å². The van der Waals surface area contributed by atoms with Crippen molar-refractivity contribution in [2.75, 3.05) is 0 Å². The number of nitrogens with zero attached hydrogens (tertiary/aromatic N) is 1. The maximum absolute atomic E-state index is 13.2. The number of nitro groups is 1. The van der Waals surface area contributed by atoms with Crippen LogP contribution in [0.5, 0.6) is 0 Å². The first-order chi connectivity index (χ1) is 8.20. The molecule has 0 N–H and O–H groups in total. The Hall–Kier alpha value is -0.970. The quantitative estimate of drug-likeness (QED) is 0.467. The monoisotopic (exact) mass is 317 g/mol. The minimum atomic E-state index is -0.568. The van der Waals surface area contributed by atoms with E-state index in [0.717, 1.165) is 12.5 Å². The smallest absolute Gasteiger partial charge is 0.258 e. The average Bonchev–Trinajstić information content (AvgIpc) is 2.23. The zero-order chi connectivity index (χ0) is 13.9. The van der Waals surface area contributed by atoms with Gasteiger partial charge in [-0.2, -0.15) is 0 Å². The van der Waals surface area contributed by atoms with Gasteiger partial charge < -0.3 is 0 Å². The molecule has 0 heterocycles. The Labute approximate surface area is 115 Å². The molecule has 0 fully saturated rings. The van der Waals surface area contributed by atoms with E-state index in [9.17, 15) is 14.5 Å². The highest BCUT2D eigenvalue weighted by Gasteiger charge is 2.21. The van der Waals surface area contributed by atoms with Gasteiger partial charge in [0.15, 0.2) is 0 Å². The van der Waals surface area contributed by atoms with Gasteiger partial charge in [-0.05, 0) is 29.9 Å². The summed E-state index contributed by atoms with van der Waals surface area (Å²) < 4.78 is 13.2. The molecule has 0 aliphatic carbocycles. The van der Waals surface area contributed by atoms with Crippen molar-refractivity contribution in [2.45, 2.75) is 38.4 Å². The molecule has 3 nitrogen and oxygen atoms in total. The van der Waals surface area contributed by atoms with Crippen LogP contribution in [0, 0.1) is 21.3 Å². The Bertz CT molecular complexity index is 443. The lowest BCUT2D eigenvalue weighted by atomic mass is 9.89. The number of hydrogen-bond acceptors (Lipinski definition) is 2. The molecule has 0 amide bonds. The predicted molar refractivity (Wildman–Crippen MR) is 73.5 cm³/mol. The summed E-state index contributed by atoms with van der Waals surface area (Å²) in [6, 6.07) is 3.74. The summed E-state index contributed by atoms with van der Waals surface area (Å²) >= 11 is 3.59. The molecule has 0 spiro atoms. The lowest BCUT2D eigenvalue weighted by molar-refractivity contribution is -0.385. The number of benzene rings is 1. The largest absolute Gasteiger partial charge is 0.272 e. The molecule has 0 saturated heterocycles. The van der Waals surface area contributed by atoms with Crippen molar-refractivity contribution in [1.82, 2.24) is 0 Å². The van der Waals surface area contributed by atoms with Gasteiger partial charge in [-0.3, -0.25) is 10.1 Å². The van der Waals surface area contributed by atoms with Gasteiger partial charge in [0.1, 0.15) is 5.82 Å². The van der Waals surface area contributed by atoms with E-state index in [1.807, 2.05) is 0 Å². The molecule has 0 aromatic heterocycles. The van der Waals surface area contributed by atoms with Crippen LogP contribution in [0.1, 0.15) is 32.8 Å². The molecular weight excluding hydrogens is 301 g/mol. The van der Waals surface area contributed by atoms with Crippen molar-refractivity contribution in [3.05, 3.63) is 39.7 Å². The van der Waals surface area contributed by atoms with Crippen molar-refractivity contribution in [2.24, 2.45) is 5.41 Å². The molecule has 1 aromatic carbocycles. The highest BCUT2D eigenvalue weighted by molar-refractivity contribution is 9.09. The lowest BCUT2D eigenvalue weighted by Gasteiger charge is -2.25. The number of hydrogen-bond donors (Lipinski definition) is 0. The standard InChI is InChI=1S/C13H17BrFNO2/c1-13(2,3)12(14)5-4-9-6-10(15)8-11(7-9)16(17)18/h6-8,12H,4-5H2,1-3H3. The lowest BCUT2D eigenvalue weighted by Crippen LogP contribution is -2.20. The number of rotatable bonds is 4. The second kappa shape index (κ2) is 5.78. The summed E-state index contributed by atoms with van der Waals surface area (Å²) in [5.41, 5.74) is 0.585. The number of alkyl halides is 1. The summed E-state index contributed by atoms with van der Waals surface area (Å²) in [6.07, 6.45) is 1.43. The average molecular weight is 318 g/mol. The van der Waals surface area contributed by atoms with Crippen molar-refractivity contribution >= 4 is 21.6 Å². The van der Waals surface area contributed by atoms with Crippen molar-refractivity contribution in [3.8, 4) is 0 Å². The summed E-state index contributed by atoms with van der Waals surface area (Å²) in [6.45, 7) is 6.33. The third-order valence-corrected chi connectivity index (χ3v) is 4.61. The van der Waals surface area contributed by atoms with Crippen molar-refractivity contribution in [1.29, 1.82) is 0 Å². The van der Waals surface area contributed by atoms with E-state index < -0.39 is 10.7 Å². The number of aryl methyl sites for hydroxylation is 1. The zero-order valence-electron chi connectivity index (χ0n) is 10.7. The van der Waals surface area contributed by atoms with Crippen molar-refractivity contribution in [3.63, 3.8) is 0 Å². The summed E-state index contributed by atoms with van der Waals surface area (Å²) in [4.78, 5) is 10.3. The van der Waals surface area contributed by atoms with Crippen LogP contribution in [-0.2, 0) is 6.42 Å². The molecule has 0 bridgehead atoms. The number of nitro benzene ring substituents is 1. The first kappa shape index (κ1) is 15.1. The van der Waals surface area contributed by atoms with Gasteiger partial charge in [-0.15, -0.1) is 0 Å². The van der Waals surface area contributed by atoms with Crippen LogP contribution in [0.3, 0.4) is 0 Å². The van der Waals surface area contributed by atoms with E-state index in [4.69, 9.17) is 0 Å². The molecule has 0 saturated carbocycles. The van der Waals surface area contributed by atoms with Crippen LogP contribution in [0.4, 0.5) is 10.1 Å². The fraction of sp³-hybridized carbons (Fsp3) is 0.538. The molecule has 0 aliphatic rings. The Morgan fingerprint density at radius 2 is 2.00 bits per heavy atom. The number of halogens is 2. The minimum Gasteiger partial charge on any atom is -0.258 e. The number of non-ortho nitro benzene ring substituents is 1. The Morgan fingerprint density at radius 3 is 2.50 bits per heavy atom. The van der Waals surface area contributed by atoms with Crippen LogP contribution >= 0.6 is 15.9 Å². The Kier molecular flexibility index (Phi) is 4.85. The SMILES string of the molecule is CC(C)(C)C(Br)CCc1cc(F)cc([N+](=O)[O-])c1. The van der Waals surface area contributed by atoms with Gasteiger partial charge in [0, 0.05) is 10.9 Å². The van der Waals surface area contributed by atoms with E-state index in [2.05, 4.69) is 36.7 Å². The zero-order valence-corrected chi connectivity index (χ0v) is 12.3. The molecule has 18 heavy (non-hydrogen) atoms. The van der Waals surface area contributed by atoms with Crippen LogP contribution < -0.4 is 0 Å². The highest BCUT2D eigenvalue weighted by Crippen LogP contribution is 2.30. The molecule has 1 unspecified atom stereocenters. The van der Waals surface area contributed by atoms with Gasteiger partial charge in [0.25, 0.3) is 5.69 Å². The van der Waals surface area contributed by atoms with Gasteiger partial charge in [-0.1, -0.05) is 36.7 Å². The topological polar surface area (TPSA) is 43.1 Å². The van der Waals surface area contributed by atoms with Gasteiger partial charge in [0.2, 0.25) is 0 Å². The third-order valence-electron chi connectivity index (χ3n) is 2.78. The van der Waals surface area contributed by atoms with Crippen molar-refractivity contribution < 1.29 is 9.31 Å². The van der Waals surface area contributed by atoms with Gasteiger partial charge >= 0.3 is 0 Å². The molecule has 1 rings (SSSR count). The van der Waals surface area contributed by atoms with E-state index in [-0.39, 0.29) is 15.9 Å². The second-order valence-corrected chi connectivity index (χ2v) is 6.55. The summed E-state index contributed by atoms with van der Waals surface area (Å²) in [7, 11) is 0. The molecule has 1 atom stereocenters. The first-order valence-electron chi connectivity index (χ1n) is 5.78. The van der Waals surface area contributed by atoms with Crippen LogP contribution in [0.25, 0.3) is 0 Å². The molecule has 0 radical (unpaired) electrons. The molecule has 100 valence electrons. The van der Waals surface area contributed by atoms with E-state index in [0.29, 0.717) is 12.0 Å². The van der Waals surface area contributed by atoms with Crippen LogP contribution in [0.15, 0.2) is 18.2 Å². The normalized spacial score (nSPS) is 13.4. The second-order valence-electron chi connectivity index (χ2n) is 5.45. The summed E-state index contributed by atoms with van der Waals surface area (Å²) in [5.74, 6) is -0.555. The highest BCUT2D eigenvalue weighted by atomic mass is 79.9. The summed E-state index contributed by atoms with van der Waals surface area (Å²) in [5, 5.41) is 10.6. The van der Waals surface area contributed by atoms with Crippen LogP contribution in [-0.4, -0.2) is 9.75 Å². The predicted octanol–water partition coefficient (Wildman–Crippen LogP) is 4.48. The molecule has 1 aromatic rings. The van der Waals surface area contributed by atoms with Crippen LogP contribution in [0.2, 0.25) is 0 Å². The Morgan fingerprint density at radius 1 is 1.39 bits per heavy atom. The Balaban J connectivity index is 2.77. The van der Waals surface area contributed by atoms with Gasteiger partial charge in [-0.25, -0.2) is 4.39 Å². The molecule has 0 aliphatic heterocycles. The minimum absolute atomic E-state index is 0.110. The molecular formula is C13H17BrFNO2. The maximum Gasteiger partial charge on any atom is 0.272 e. The maximum atomic E-state index is 13.2. The first-order valence-corrected chi connectivity index (χ1v) is 6.69. The third kappa shape index (κ3) is 4.37. The van der Waals surface area contributed by atoms with E-state index in [1.165, 1.54) is 12.1 Å². The molecule has 5 heteroatoms.